The molecule has 120 valence electrons. The minimum atomic E-state index is -0.431. The Balaban J connectivity index is 2.19. The Labute approximate surface area is 137 Å². The summed E-state index contributed by atoms with van der Waals surface area (Å²) in [6.07, 6.45) is 1.82. The molecule has 7 heteroatoms. The Bertz CT molecular complexity index is 1090. The summed E-state index contributed by atoms with van der Waals surface area (Å²) in [4.78, 5) is 12.3. The van der Waals surface area contributed by atoms with Gasteiger partial charge in [0, 0.05) is 17.3 Å². The highest BCUT2D eigenvalue weighted by Gasteiger charge is 2.21. The zero-order chi connectivity index (χ0) is 16.7. The van der Waals surface area contributed by atoms with Gasteiger partial charge in [-0.25, -0.2) is 4.79 Å². The fraction of sp³-hybridized carbons (Fsp3) is 0.176. The molecule has 0 amide bonds. The molecule has 0 unspecified atom stereocenters. The number of esters is 1. The summed E-state index contributed by atoms with van der Waals surface area (Å²) in [5.74, 6) is -0.431. The predicted octanol–water partition coefficient (Wildman–Crippen LogP) is 2.59. The SMILES string of the molecule is C=CCn1c2ccccc2c2cc(C(=O)OCC)c3nnnn3c21. The minimum Gasteiger partial charge on any atom is -0.462 e. The molecule has 3 heterocycles. The normalized spacial score (nSPS) is 11.4. The quantitative estimate of drug-likeness (QED) is 0.427. The molecule has 0 aliphatic carbocycles. The molecule has 0 N–H and O–H groups in total. The monoisotopic (exact) mass is 321 g/mol. The molecule has 0 radical (unpaired) electrons. The maximum absolute atomic E-state index is 12.3. The van der Waals surface area contributed by atoms with Gasteiger partial charge in [0.2, 0.25) is 0 Å². The number of hydrogen-bond donors (Lipinski definition) is 0. The van der Waals surface area contributed by atoms with Crippen molar-refractivity contribution in [1.82, 2.24) is 24.6 Å². The summed E-state index contributed by atoms with van der Waals surface area (Å²) < 4.78 is 8.82. The van der Waals surface area contributed by atoms with Crippen molar-refractivity contribution in [3.8, 4) is 0 Å². The second-order valence-electron chi connectivity index (χ2n) is 5.35. The maximum atomic E-state index is 12.3. The summed E-state index contributed by atoms with van der Waals surface area (Å²) in [6, 6.07) is 9.79. The van der Waals surface area contributed by atoms with E-state index >= 15 is 0 Å². The molecular weight excluding hydrogens is 306 g/mol. The van der Waals surface area contributed by atoms with Gasteiger partial charge in [-0.3, -0.25) is 0 Å². The fourth-order valence-corrected chi connectivity index (χ4v) is 3.07. The molecule has 3 aromatic heterocycles. The van der Waals surface area contributed by atoms with E-state index in [1.54, 1.807) is 17.5 Å². The van der Waals surface area contributed by atoms with Crippen molar-refractivity contribution < 1.29 is 9.53 Å². The molecule has 0 atom stereocenters. The van der Waals surface area contributed by atoms with E-state index in [-0.39, 0.29) is 0 Å². The van der Waals surface area contributed by atoms with E-state index in [0.29, 0.717) is 24.4 Å². The molecule has 0 fully saturated rings. The lowest BCUT2D eigenvalue weighted by Gasteiger charge is -2.06. The number of tetrazole rings is 1. The van der Waals surface area contributed by atoms with Gasteiger partial charge in [0.05, 0.1) is 12.1 Å². The number of hydrogen-bond acceptors (Lipinski definition) is 5. The summed E-state index contributed by atoms with van der Waals surface area (Å²) >= 11 is 0. The highest BCUT2D eigenvalue weighted by molar-refractivity contribution is 6.11. The number of benzene rings is 1. The maximum Gasteiger partial charge on any atom is 0.342 e. The second kappa shape index (κ2) is 5.45. The molecule has 4 aromatic rings. The number of pyridine rings is 1. The van der Waals surface area contributed by atoms with Crippen LogP contribution in [0.15, 0.2) is 43.0 Å². The minimum absolute atomic E-state index is 0.294. The van der Waals surface area contributed by atoms with Crippen LogP contribution < -0.4 is 0 Å². The lowest BCUT2D eigenvalue weighted by molar-refractivity contribution is 0.0528. The molecule has 4 rings (SSSR count). The molecule has 0 spiro atoms. The number of carbonyl (C=O) groups excluding carboxylic acids is 1. The second-order valence-corrected chi connectivity index (χ2v) is 5.35. The Morgan fingerprint density at radius 3 is 2.96 bits per heavy atom. The molecular formula is C17H15N5O2. The highest BCUT2D eigenvalue weighted by atomic mass is 16.5. The average molecular weight is 321 g/mol. The number of fused-ring (bicyclic) bond motifs is 5. The zero-order valence-corrected chi connectivity index (χ0v) is 13.1. The predicted molar refractivity (Wildman–Crippen MR) is 89.9 cm³/mol. The standard InChI is InChI=1S/C17H15N5O2/c1-3-9-21-14-8-6-5-7-11(14)12-10-13(17(23)24-4-2)15-18-19-20-22(15)16(12)21/h3,5-8,10H,1,4,9H2,2H3. The topological polar surface area (TPSA) is 74.3 Å². The first kappa shape index (κ1) is 14.4. The first-order valence-corrected chi connectivity index (χ1v) is 7.66. The highest BCUT2D eigenvalue weighted by Crippen LogP contribution is 2.30. The smallest absolute Gasteiger partial charge is 0.342 e. The van der Waals surface area contributed by atoms with E-state index in [1.807, 2.05) is 30.3 Å². The van der Waals surface area contributed by atoms with Crippen molar-refractivity contribution >= 4 is 33.6 Å². The van der Waals surface area contributed by atoms with Crippen molar-refractivity contribution in [1.29, 1.82) is 0 Å². The first-order valence-electron chi connectivity index (χ1n) is 7.66. The van der Waals surface area contributed by atoms with Gasteiger partial charge >= 0.3 is 5.97 Å². The van der Waals surface area contributed by atoms with Crippen LogP contribution in [0.5, 0.6) is 0 Å². The molecule has 24 heavy (non-hydrogen) atoms. The van der Waals surface area contributed by atoms with Crippen molar-refractivity contribution in [2.45, 2.75) is 13.5 Å². The van der Waals surface area contributed by atoms with Crippen LogP contribution in [0.4, 0.5) is 0 Å². The molecule has 7 nitrogen and oxygen atoms in total. The lowest BCUT2D eigenvalue weighted by atomic mass is 10.1. The number of allylic oxidation sites excluding steroid dienone is 1. The van der Waals surface area contributed by atoms with Crippen LogP contribution in [-0.2, 0) is 11.3 Å². The Kier molecular flexibility index (Phi) is 3.26. The van der Waals surface area contributed by atoms with E-state index in [2.05, 4.69) is 26.7 Å². The molecule has 1 aromatic carbocycles. The summed E-state index contributed by atoms with van der Waals surface area (Å²) in [5, 5.41) is 13.8. The number of aromatic nitrogens is 5. The van der Waals surface area contributed by atoms with Crippen molar-refractivity contribution in [2.75, 3.05) is 6.61 Å². The van der Waals surface area contributed by atoms with Gasteiger partial charge in [0.15, 0.2) is 5.65 Å². The fourth-order valence-electron chi connectivity index (χ4n) is 3.07. The first-order chi connectivity index (χ1) is 11.8. The zero-order valence-electron chi connectivity index (χ0n) is 13.1. The van der Waals surface area contributed by atoms with Gasteiger partial charge in [-0.1, -0.05) is 24.3 Å². The number of para-hydroxylation sites is 1. The van der Waals surface area contributed by atoms with E-state index in [9.17, 15) is 4.79 Å². The van der Waals surface area contributed by atoms with Gasteiger partial charge in [-0.05, 0) is 29.5 Å². The van der Waals surface area contributed by atoms with Crippen LogP contribution in [0.1, 0.15) is 17.3 Å². The van der Waals surface area contributed by atoms with Crippen molar-refractivity contribution in [3.05, 3.63) is 48.6 Å². The molecule has 0 saturated heterocycles. The molecule has 0 aliphatic rings. The van der Waals surface area contributed by atoms with Crippen LogP contribution in [0.3, 0.4) is 0 Å². The van der Waals surface area contributed by atoms with Crippen LogP contribution in [0, 0.1) is 0 Å². The van der Waals surface area contributed by atoms with E-state index in [4.69, 9.17) is 4.74 Å². The average Bonchev–Trinajstić information content (AvgIpc) is 3.18. The summed E-state index contributed by atoms with van der Waals surface area (Å²) in [7, 11) is 0. The van der Waals surface area contributed by atoms with Crippen LogP contribution in [0.25, 0.3) is 27.6 Å². The van der Waals surface area contributed by atoms with Crippen LogP contribution in [0.2, 0.25) is 0 Å². The van der Waals surface area contributed by atoms with Gasteiger partial charge < -0.3 is 9.30 Å². The number of carbonyl (C=O) groups is 1. The third kappa shape index (κ3) is 1.91. The largest absolute Gasteiger partial charge is 0.462 e. The van der Waals surface area contributed by atoms with Gasteiger partial charge in [-0.2, -0.15) is 4.52 Å². The van der Waals surface area contributed by atoms with Crippen LogP contribution in [-0.4, -0.2) is 37.2 Å². The summed E-state index contributed by atoms with van der Waals surface area (Å²) in [5.41, 5.74) is 2.60. The number of rotatable bonds is 4. The number of nitrogens with zero attached hydrogens (tertiary/aromatic N) is 5. The van der Waals surface area contributed by atoms with E-state index < -0.39 is 5.97 Å². The third-order valence-corrected chi connectivity index (χ3v) is 3.99. The van der Waals surface area contributed by atoms with Gasteiger partial charge in [-0.15, -0.1) is 11.7 Å². The van der Waals surface area contributed by atoms with E-state index in [0.717, 1.165) is 21.9 Å². The molecule has 0 saturated carbocycles. The Morgan fingerprint density at radius 2 is 2.17 bits per heavy atom. The Morgan fingerprint density at radius 1 is 1.33 bits per heavy atom. The number of ether oxygens (including phenoxy) is 1. The van der Waals surface area contributed by atoms with Crippen molar-refractivity contribution in [2.24, 2.45) is 0 Å². The third-order valence-electron chi connectivity index (χ3n) is 3.99. The lowest BCUT2D eigenvalue weighted by Crippen LogP contribution is -2.09. The Hall–Kier alpha value is -3.22. The molecule has 0 aliphatic heterocycles. The summed E-state index contributed by atoms with van der Waals surface area (Å²) in [6.45, 7) is 6.50. The van der Waals surface area contributed by atoms with E-state index in [1.165, 1.54) is 0 Å². The van der Waals surface area contributed by atoms with Gasteiger partial charge in [0.25, 0.3) is 0 Å². The molecule has 0 bridgehead atoms. The van der Waals surface area contributed by atoms with Crippen molar-refractivity contribution in [3.63, 3.8) is 0 Å². The van der Waals surface area contributed by atoms with Crippen LogP contribution >= 0.6 is 0 Å². The van der Waals surface area contributed by atoms with Gasteiger partial charge in [0.1, 0.15) is 11.2 Å².